The van der Waals surface area contributed by atoms with E-state index in [1.165, 1.54) is 7.11 Å². The Bertz CT molecular complexity index is 714. The molecule has 1 unspecified atom stereocenters. The van der Waals surface area contributed by atoms with E-state index in [0.29, 0.717) is 5.56 Å². The lowest BCUT2D eigenvalue weighted by molar-refractivity contribution is 0.0109. The molecule has 0 bridgehead atoms. The number of ether oxygens (including phenoxy) is 2. The third-order valence-corrected chi connectivity index (χ3v) is 3.76. The molecule has 0 aromatic heterocycles. The van der Waals surface area contributed by atoms with E-state index in [9.17, 15) is 9.59 Å². The molecule has 112 valence electrons. The summed E-state index contributed by atoms with van der Waals surface area (Å²) in [4.78, 5) is 23.7. The van der Waals surface area contributed by atoms with Crippen molar-refractivity contribution >= 4 is 12.1 Å². The average molecular weight is 297 g/mol. The molecule has 0 fully saturated rings. The third-order valence-electron chi connectivity index (χ3n) is 3.76. The number of carbonyl (C=O) groups is 2. The Kier molecular flexibility index (Phi) is 3.55. The van der Waals surface area contributed by atoms with E-state index in [4.69, 9.17) is 4.74 Å². The molecule has 0 saturated carbocycles. The Balaban J connectivity index is 2.09. The van der Waals surface area contributed by atoms with Gasteiger partial charge in [-0.05, 0) is 6.07 Å². The summed E-state index contributed by atoms with van der Waals surface area (Å²) in [5, 5.41) is 2.64. The van der Waals surface area contributed by atoms with Gasteiger partial charge in [0, 0.05) is 11.1 Å². The molecule has 1 N–H and O–H groups in total. The lowest BCUT2D eigenvalue weighted by Gasteiger charge is -2.29. The summed E-state index contributed by atoms with van der Waals surface area (Å²) in [7, 11) is 1.29. The quantitative estimate of drug-likeness (QED) is 0.884. The van der Waals surface area contributed by atoms with Crippen LogP contribution >= 0.6 is 0 Å². The van der Waals surface area contributed by atoms with Crippen LogP contribution < -0.4 is 5.32 Å². The zero-order chi connectivity index (χ0) is 15.6. The van der Waals surface area contributed by atoms with Crippen molar-refractivity contribution in [2.45, 2.75) is 5.60 Å². The number of benzene rings is 2. The Morgan fingerprint density at radius 2 is 1.82 bits per heavy atom. The van der Waals surface area contributed by atoms with E-state index in [0.717, 1.165) is 11.1 Å². The molecule has 0 saturated heterocycles. The van der Waals surface area contributed by atoms with E-state index >= 15 is 0 Å². The van der Waals surface area contributed by atoms with Crippen LogP contribution in [0.4, 0.5) is 4.79 Å². The molecule has 1 atom stereocenters. The lowest BCUT2D eigenvalue weighted by atomic mass is 9.85. The summed E-state index contributed by atoms with van der Waals surface area (Å²) < 4.78 is 10.3. The fraction of sp³-hybridized carbons (Fsp3) is 0.176. The van der Waals surface area contributed by atoms with Crippen LogP contribution in [0, 0.1) is 0 Å². The molecule has 22 heavy (non-hydrogen) atoms. The van der Waals surface area contributed by atoms with Gasteiger partial charge in [0.25, 0.3) is 0 Å². The summed E-state index contributed by atoms with van der Waals surface area (Å²) in [5.74, 6) is -0.397. The molecule has 3 rings (SSSR count). The molecule has 2 aromatic rings. The summed E-state index contributed by atoms with van der Waals surface area (Å²) in [6, 6.07) is 16.5. The Hall–Kier alpha value is -2.82. The maximum atomic E-state index is 12.2. The second kappa shape index (κ2) is 5.52. The predicted molar refractivity (Wildman–Crippen MR) is 79.5 cm³/mol. The first-order chi connectivity index (χ1) is 10.7. The SMILES string of the molecule is COC(=O)NCC1(c2ccccc2)OC(=O)c2ccccc21. The van der Waals surface area contributed by atoms with Crippen molar-refractivity contribution in [1.82, 2.24) is 5.32 Å². The number of hydrogen-bond acceptors (Lipinski definition) is 4. The number of esters is 1. The van der Waals surface area contributed by atoms with Crippen molar-refractivity contribution in [1.29, 1.82) is 0 Å². The van der Waals surface area contributed by atoms with Crippen molar-refractivity contribution in [2.24, 2.45) is 0 Å². The van der Waals surface area contributed by atoms with Gasteiger partial charge in [0.2, 0.25) is 0 Å². The zero-order valence-corrected chi connectivity index (χ0v) is 12.0. The van der Waals surface area contributed by atoms with Crippen LogP contribution in [0.25, 0.3) is 0 Å². The average Bonchev–Trinajstić information content (AvgIpc) is 2.87. The first-order valence-corrected chi connectivity index (χ1v) is 6.87. The number of amides is 1. The molecule has 0 spiro atoms. The van der Waals surface area contributed by atoms with E-state index in [-0.39, 0.29) is 6.54 Å². The predicted octanol–water partition coefficient (Wildman–Crippen LogP) is 2.46. The van der Waals surface area contributed by atoms with Crippen molar-refractivity contribution in [3.05, 3.63) is 71.3 Å². The van der Waals surface area contributed by atoms with Crippen LogP contribution in [0.5, 0.6) is 0 Å². The van der Waals surface area contributed by atoms with Crippen LogP contribution in [-0.4, -0.2) is 25.7 Å². The lowest BCUT2D eigenvalue weighted by Crippen LogP contribution is -2.42. The summed E-state index contributed by atoms with van der Waals surface area (Å²) in [6.45, 7) is 0.104. The Morgan fingerprint density at radius 3 is 2.55 bits per heavy atom. The minimum absolute atomic E-state index is 0.104. The molecule has 5 heteroatoms. The molecular formula is C17H15NO4. The first-order valence-electron chi connectivity index (χ1n) is 6.87. The van der Waals surface area contributed by atoms with Crippen LogP contribution in [0.3, 0.4) is 0 Å². The van der Waals surface area contributed by atoms with E-state index in [1.54, 1.807) is 12.1 Å². The fourth-order valence-corrected chi connectivity index (χ4v) is 2.71. The number of fused-ring (bicyclic) bond motifs is 1. The number of hydrogen-bond donors (Lipinski definition) is 1. The molecule has 1 aliphatic rings. The smallest absolute Gasteiger partial charge is 0.407 e. The summed E-state index contributed by atoms with van der Waals surface area (Å²) >= 11 is 0. The van der Waals surface area contributed by atoms with Gasteiger partial charge in [-0.15, -0.1) is 0 Å². The van der Waals surface area contributed by atoms with Gasteiger partial charge in [-0.3, -0.25) is 0 Å². The molecule has 1 amide bonds. The van der Waals surface area contributed by atoms with Crippen molar-refractivity contribution in [3.63, 3.8) is 0 Å². The monoisotopic (exact) mass is 297 g/mol. The number of nitrogens with one attached hydrogen (secondary N) is 1. The standard InChI is InChI=1S/C17H15NO4/c1-21-16(20)18-11-17(12-7-3-2-4-8-12)14-10-6-5-9-13(14)15(19)22-17/h2-10H,11H2,1H3,(H,18,20). The van der Waals surface area contributed by atoms with Crippen LogP contribution in [0.15, 0.2) is 54.6 Å². The Labute approximate surface area is 127 Å². The normalized spacial score (nSPS) is 19.2. The van der Waals surface area contributed by atoms with Gasteiger partial charge in [-0.25, -0.2) is 9.59 Å². The van der Waals surface area contributed by atoms with Gasteiger partial charge in [0.05, 0.1) is 19.2 Å². The van der Waals surface area contributed by atoms with Crippen molar-refractivity contribution < 1.29 is 19.1 Å². The molecule has 1 aliphatic heterocycles. The van der Waals surface area contributed by atoms with Gasteiger partial charge >= 0.3 is 12.1 Å². The van der Waals surface area contributed by atoms with Crippen molar-refractivity contribution in [3.8, 4) is 0 Å². The van der Waals surface area contributed by atoms with Gasteiger partial charge in [0.1, 0.15) is 0 Å². The number of methoxy groups -OCH3 is 1. The number of alkyl carbamates (subject to hydrolysis) is 1. The summed E-state index contributed by atoms with van der Waals surface area (Å²) in [6.07, 6.45) is -0.573. The highest BCUT2D eigenvalue weighted by Crippen LogP contribution is 2.41. The molecule has 5 nitrogen and oxygen atoms in total. The van der Waals surface area contributed by atoms with E-state index < -0.39 is 17.7 Å². The molecule has 0 radical (unpaired) electrons. The second-order valence-electron chi connectivity index (χ2n) is 4.97. The second-order valence-corrected chi connectivity index (χ2v) is 4.97. The number of rotatable bonds is 3. The fourth-order valence-electron chi connectivity index (χ4n) is 2.71. The highest BCUT2D eigenvalue weighted by atomic mass is 16.6. The largest absolute Gasteiger partial charge is 0.453 e. The number of carbonyl (C=O) groups excluding carboxylic acids is 2. The highest BCUT2D eigenvalue weighted by Gasteiger charge is 2.47. The van der Waals surface area contributed by atoms with Gasteiger partial charge in [0.15, 0.2) is 5.60 Å². The van der Waals surface area contributed by atoms with Crippen molar-refractivity contribution in [2.75, 3.05) is 13.7 Å². The van der Waals surface area contributed by atoms with Crippen LogP contribution in [-0.2, 0) is 15.1 Å². The highest BCUT2D eigenvalue weighted by molar-refractivity contribution is 5.95. The number of cyclic esters (lactones) is 1. The van der Waals surface area contributed by atoms with E-state index in [1.807, 2.05) is 42.5 Å². The third kappa shape index (κ3) is 2.20. The molecule has 2 aromatic carbocycles. The maximum Gasteiger partial charge on any atom is 0.407 e. The van der Waals surface area contributed by atoms with E-state index in [2.05, 4.69) is 10.1 Å². The summed E-state index contributed by atoms with van der Waals surface area (Å²) in [5.41, 5.74) is 1.01. The van der Waals surface area contributed by atoms with Gasteiger partial charge in [-0.1, -0.05) is 48.5 Å². The van der Waals surface area contributed by atoms with Crippen LogP contribution in [0.1, 0.15) is 21.5 Å². The van der Waals surface area contributed by atoms with Gasteiger partial charge < -0.3 is 14.8 Å². The topological polar surface area (TPSA) is 64.6 Å². The Morgan fingerprint density at radius 1 is 1.14 bits per heavy atom. The molecule has 0 aliphatic carbocycles. The molecular weight excluding hydrogens is 282 g/mol. The van der Waals surface area contributed by atoms with Crippen LogP contribution in [0.2, 0.25) is 0 Å². The minimum Gasteiger partial charge on any atom is -0.453 e. The maximum absolute atomic E-state index is 12.2. The molecule has 1 heterocycles. The zero-order valence-electron chi connectivity index (χ0n) is 12.0. The van der Waals surface area contributed by atoms with Gasteiger partial charge in [-0.2, -0.15) is 0 Å². The minimum atomic E-state index is -1.04. The first kappa shape index (κ1) is 14.1.